The van der Waals surface area contributed by atoms with Crippen molar-refractivity contribution in [3.8, 4) is 0 Å². The van der Waals surface area contributed by atoms with Crippen LogP contribution in [0.15, 0.2) is 24.3 Å². The molecule has 0 aromatic heterocycles. The van der Waals surface area contributed by atoms with E-state index in [-0.39, 0.29) is 6.42 Å². The van der Waals surface area contributed by atoms with Crippen LogP contribution in [0.25, 0.3) is 0 Å². The monoisotopic (exact) mass is 226 g/mol. The molecule has 0 radical (unpaired) electrons. The van der Waals surface area contributed by atoms with Crippen LogP contribution in [0, 0.1) is 5.92 Å². The maximum absolute atomic E-state index is 10.6. The minimum Gasteiger partial charge on any atom is -0.481 e. The van der Waals surface area contributed by atoms with Crippen LogP contribution in [0.5, 0.6) is 0 Å². The fraction of sp³-hybridized carbons (Fsp3) is 0.273. The van der Waals surface area contributed by atoms with Gasteiger partial charge in [0, 0.05) is 10.9 Å². The molecule has 0 saturated carbocycles. The quantitative estimate of drug-likeness (QED) is 0.783. The molecule has 1 rings (SSSR count). The fourth-order valence-corrected chi connectivity index (χ4v) is 1.44. The van der Waals surface area contributed by atoms with Gasteiger partial charge in [0.1, 0.15) is 6.29 Å². The summed E-state index contributed by atoms with van der Waals surface area (Å²) >= 11 is 5.70. The number of aldehydes is 1. The first kappa shape index (κ1) is 11.7. The molecule has 15 heavy (non-hydrogen) atoms. The van der Waals surface area contributed by atoms with E-state index in [0.717, 1.165) is 5.56 Å². The molecule has 0 fully saturated rings. The molecule has 0 heterocycles. The molecular formula is C11H11ClO3. The molecule has 0 spiro atoms. The van der Waals surface area contributed by atoms with Gasteiger partial charge in [0.25, 0.3) is 0 Å². The number of carbonyl (C=O) groups excluding carboxylic acids is 1. The van der Waals surface area contributed by atoms with Crippen molar-refractivity contribution in [3.05, 3.63) is 34.9 Å². The number of benzene rings is 1. The highest BCUT2D eigenvalue weighted by atomic mass is 35.5. The Balaban J connectivity index is 2.62. The van der Waals surface area contributed by atoms with Gasteiger partial charge < -0.3 is 9.90 Å². The van der Waals surface area contributed by atoms with E-state index in [1.165, 1.54) is 0 Å². The van der Waals surface area contributed by atoms with Crippen LogP contribution in [0.1, 0.15) is 12.0 Å². The van der Waals surface area contributed by atoms with Crippen LogP contribution in [-0.4, -0.2) is 17.4 Å². The molecule has 3 nitrogen and oxygen atoms in total. The number of halogens is 1. The minimum absolute atomic E-state index is 0.133. The highest BCUT2D eigenvalue weighted by Crippen LogP contribution is 2.14. The first-order chi connectivity index (χ1) is 7.11. The lowest BCUT2D eigenvalue weighted by molar-refractivity contribution is -0.139. The zero-order valence-electron chi connectivity index (χ0n) is 8.02. The van der Waals surface area contributed by atoms with E-state index >= 15 is 0 Å². The molecular weight excluding hydrogens is 216 g/mol. The van der Waals surface area contributed by atoms with Crippen molar-refractivity contribution in [2.45, 2.75) is 12.8 Å². The zero-order valence-corrected chi connectivity index (χ0v) is 8.78. The third-order valence-electron chi connectivity index (χ3n) is 2.04. The topological polar surface area (TPSA) is 54.4 Å². The number of rotatable bonds is 5. The third-order valence-corrected chi connectivity index (χ3v) is 2.29. The third kappa shape index (κ3) is 4.13. The molecule has 1 aromatic carbocycles. The normalized spacial score (nSPS) is 12.1. The average molecular weight is 227 g/mol. The van der Waals surface area contributed by atoms with Gasteiger partial charge in [-0.2, -0.15) is 0 Å². The van der Waals surface area contributed by atoms with Crippen LogP contribution in [-0.2, 0) is 16.0 Å². The molecule has 4 heteroatoms. The van der Waals surface area contributed by atoms with E-state index < -0.39 is 11.9 Å². The molecule has 1 N–H and O–H groups in total. The van der Waals surface area contributed by atoms with Gasteiger partial charge in [-0.25, -0.2) is 0 Å². The Hall–Kier alpha value is -1.35. The number of hydrogen-bond donors (Lipinski definition) is 1. The smallest absolute Gasteiger partial charge is 0.304 e. The number of carboxylic acid groups (broad SMARTS) is 1. The Morgan fingerprint density at radius 2 is 2.00 bits per heavy atom. The summed E-state index contributed by atoms with van der Waals surface area (Å²) in [5.41, 5.74) is 0.915. The summed E-state index contributed by atoms with van der Waals surface area (Å²) in [4.78, 5) is 21.1. The lowest BCUT2D eigenvalue weighted by Gasteiger charge is -2.07. The van der Waals surface area contributed by atoms with Gasteiger partial charge in [-0.3, -0.25) is 4.79 Å². The maximum atomic E-state index is 10.6. The Morgan fingerprint density at radius 3 is 2.47 bits per heavy atom. The van der Waals surface area contributed by atoms with Gasteiger partial charge >= 0.3 is 5.97 Å². The van der Waals surface area contributed by atoms with Crippen molar-refractivity contribution in [2.24, 2.45) is 5.92 Å². The molecule has 1 atom stereocenters. The van der Waals surface area contributed by atoms with Crippen molar-refractivity contribution in [3.63, 3.8) is 0 Å². The first-order valence-electron chi connectivity index (χ1n) is 4.53. The average Bonchev–Trinajstić information content (AvgIpc) is 2.19. The summed E-state index contributed by atoms with van der Waals surface area (Å²) in [5, 5.41) is 9.18. The second-order valence-corrected chi connectivity index (χ2v) is 3.76. The lowest BCUT2D eigenvalue weighted by atomic mass is 9.98. The van der Waals surface area contributed by atoms with Gasteiger partial charge in [0.15, 0.2) is 0 Å². The van der Waals surface area contributed by atoms with Crippen LogP contribution in [0.4, 0.5) is 0 Å². The van der Waals surface area contributed by atoms with E-state index in [9.17, 15) is 9.59 Å². The summed E-state index contributed by atoms with van der Waals surface area (Å²) in [7, 11) is 0. The Labute approximate surface area is 92.7 Å². The number of aliphatic carboxylic acids is 1. The largest absolute Gasteiger partial charge is 0.481 e. The van der Waals surface area contributed by atoms with Crippen LogP contribution in [0.2, 0.25) is 5.02 Å². The van der Waals surface area contributed by atoms with Crippen molar-refractivity contribution < 1.29 is 14.7 Å². The highest BCUT2D eigenvalue weighted by Gasteiger charge is 2.12. The first-order valence-corrected chi connectivity index (χ1v) is 4.91. The van der Waals surface area contributed by atoms with Gasteiger partial charge in [0.05, 0.1) is 6.42 Å². The van der Waals surface area contributed by atoms with E-state index in [1.54, 1.807) is 24.3 Å². The molecule has 0 aliphatic carbocycles. The lowest BCUT2D eigenvalue weighted by Crippen LogP contribution is -2.11. The van der Waals surface area contributed by atoms with Crippen LogP contribution >= 0.6 is 11.6 Å². The number of carboxylic acids is 1. The van der Waals surface area contributed by atoms with Gasteiger partial charge in [-0.15, -0.1) is 0 Å². The molecule has 0 aliphatic rings. The summed E-state index contributed by atoms with van der Waals surface area (Å²) in [6, 6.07) is 7.03. The number of hydrogen-bond acceptors (Lipinski definition) is 2. The SMILES string of the molecule is O=C[C@H](CC(=O)O)Cc1ccc(Cl)cc1. The summed E-state index contributed by atoms with van der Waals surface area (Å²) in [5.74, 6) is -1.43. The second kappa shape index (κ2) is 5.51. The molecule has 0 saturated heterocycles. The summed E-state index contributed by atoms with van der Waals surface area (Å²) in [6.45, 7) is 0. The molecule has 80 valence electrons. The highest BCUT2D eigenvalue weighted by molar-refractivity contribution is 6.30. The van der Waals surface area contributed by atoms with Crippen LogP contribution in [0.3, 0.4) is 0 Å². The van der Waals surface area contributed by atoms with Crippen molar-refractivity contribution in [1.29, 1.82) is 0 Å². The van der Waals surface area contributed by atoms with E-state index in [1.807, 2.05) is 0 Å². The fourth-order valence-electron chi connectivity index (χ4n) is 1.32. The Kier molecular flexibility index (Phi) is 4.31. The van der Waals surface area contributed by atoms with Gasteiger partial charge in [-0.1, -0.05) is 23.7 Å². The summed E-state index contributed by atoms with van der Waals surface area (Å²) < 4.78 is 0. The van der Waals surface area contributed by atoms with Gasteiger partial charge in [0.2, 0.25) is 0 Å². The van der Waals surface area contributed by atoms with Crippen molar-refractivity contribution in [2.75, 3.05) is 0 Å². The molecule has 0 unspecified atom stereocenters. The van der Waals surface area contributed by atoms with E-state index in [4.69, 9.17) is 16.7 Å². The Morgan fingerprint density at radius 1 is 1.40 bits per heavy atom. The maximum Gasteiger partial charge on any atom is 0.304 e. The molecule has 0 bridgehead atoms. The standard InChI is InChI=1S/C11H11ClO3/c12-10-3-1-8(2-4-10)5-9(7-13)6-11(14)15/h1-4,7,9H,5-6H2,(H,14,15)/t9-/m0/s1. The van der Waals surface area contributed by atoms with Crippen molar-refractivity contribution >= 4 is 23.9 Å². The van der Waals surface area contributed by atoms with Crippen molar-refractivity contribution in [1.82, 2.24) is 0 Å². The van der Waals surface area contributed by atoms with Gasteiger partial charge in [-0.05, 0) is 24.1 Å². The Bertz CT molecular complexity index is 345. The summed E-state index contributed by atoms with van der Waals surface area (Å²) in [6.07, 6.45) is 0.988. The van der Waals surface area contributed by atoms with E-state index in [2.05, 4.69) is 0 Å². The minimum atomic E-state index is -0.957. The van der Waals surface area contributed by atoms with E-state index in [0.29, 0.717) is 17.7 Å². The molecule has 1 aromatic rings. The second-order valence-electron chi connectivity index (χ2n) is 3.32. The molecule has 0 amide bonds. The van der Waals surface area contributed by atoms with Crippen LogP contribution < -0.4 is 0 Å². The predicted octanol–water partition coefficient (Wildman–Crippen LogP) is 2.17. The predicted molar refractivity (Wildman–Crippen MR) is 57.0 cm³/mol. The molecule has 0 aliphatic heterocycles. The zero-order chi connectivity index (χ0) is 11.3. The number of carbonyl (C=O) groups is 2.